The van der Waals surface area contributed by atoms with Crippen molar-refractivity contribution in [1.29, 1.82) is 0 Å². The predicted octanol–water partition coefficient (Wildman–Crippen LogP) is 4.02. The Bertz CT molecular complexity index is 507. The molecule has 10 heteroatoms. The van der Waals surface area contributed by atoms with Gasteiger partial charge in [-0.25, -0.2) is 4.57 Å². The second kappa shape index (κ2) is 19.7. The maximum Gasteiger partial charge on any atom is 0.469 e. The minimum atomic E-state index is -4.69. The highest BCUT2D eigenvalue weighted by molar-refractivity contribution is 7.46. The Morgan fingerprint density at radius 1 is 0.774 bits per heavy atom. The van der Waals surface area contributed by atoms with Crippen LogP contribution in [0, 0.1) is 0 Å². The van der Waals surface area contributed by atoms with E-state index in [-0.39, 0.29) is 13.0 Å². The minimum absolute atomic E-state index is 0.252. The molecule has 3 N–H and O–H groups in total. The van der Waals surface area contributed by atoms with Crippen molar-refractivity contribution in [3.63, 3.8) is 0 Å². The van der Waals surface area contributed by atoms with Gasteiger partial charge < -0.3 is 24.4 Å². The zero-order valence-corrected chi connectivity index (χ0v) is 19.7. The fraction of sp³-hybridized carbons (Fsp3) is 0.905. The maximum atomic E-state index is 11.8. The highest BCUT2D eigenvalue weighted by atomic mass is 31.2. The number of rotatable bonds is 21. The summed E-state index contributed by atoms with van der Waals surface area (Å²) in [5, 5.41) is 8.72. The molecule has 0 aromatic carbocycles. The Kier molecular flexibility index (Phi) is 19.0. The van der Waals surface area contributed by atoms with Gasteiger partial charge in [0.15, 0.2) is 6.10 Å². The summed E-state index contributed by atoms with van der Waals surface area (Å²) >= 11 is 0. The first kappa shape index (κ1) is 30.0. The number of hydrogen-bond donors (Lipinski definition) is 3. The largest absolute Gasteiger partial charge is 0.469 e. The Balaban J connectivity index is 3.61. The van der Waals surface area contributed by atoms with Gasteiger partial charge in [-0.05, 0) is 12.8 Å². The zero-order valence-electron chi connectivity index (χ0n) is 18.8. The van der Waals surface area contributed by atoms with Crippen LogP contribution in [-0.2, 0) is 28.2 Å². The molecule has 0 amide bonds. The molecule has 0 heterocycles. The maximum absolute atomic E-state index is 11.8. The average Bonchev–Trinajstić information content (AvgIpc) is 2.69. The molecular weight excluding hydrogens is 427 g/mol. The van der Waals surface area contributed by atoms with E-state index >= 15 is 0 Å². The van der Waals surface area contributed by atoms with Crippen LogP contribution in [0.2, 0.25) is 0 Å². The molecule has 0 aliphatic rings. The summed E-state index contributed by atoms with van der Waals surface area (Å²) in [4.78, 5) is 40.2. The van der Waals surface area contributed by atoms with Gasteiger partial charge in [-0.3, -0.25) is 14.1 Å². The molecule has 0 aromatic heterocycles. The van der Waals surface area contributed by atoms with E-state index in [1.165, 1.54) is 44.9 Å². The van der Waals surface area contributed by atoms with Gasteiger partial charge in [-0.2, -0.15) is 0 Å². The van der Waals surface area contributed by atoms with Gasteiger partial charge in [0.2, 0.25) is 0 Å². The highest BCUT2D eigenvalue weighted by Crippen LogP contribution is 2.35. The van der Waals surface area contributed by atoms with Crippen molar-refractivity contribution >= 4 is 19.8 Å². The summed E-state index contributed by atoms with van der Waals surface area (Å²) in [7, 11) is -4.69. The molecule has 0 radical (unpaired) electrons. The average molecular weight is 469 g/mol. The van der Waals surface area contributed by atoms with Crippen molar-refractivity contribution < 1.29 is 43.0 Å². The monoisotopic (exact) mass is 468 g/mol. The number of carbonyl (C=O) groups excluding carboxylic acids is 2. The molecule has 184 valence electrons. The van der Waals surface area contributed by atoms with E-state index in [0.717, 1.165) is 39.0 Å². The number of carbonyl (C=O) groups is 2. The predicted molar refractivity (Wildman–Crippen MR) is 116 cm³/mol. The first-order chi connectivity index (χ1) is 14.7. The van der Waals surface area contributed by atoms with Gasteiger partial charge in [0.05, 0.1) is 6.61 Å². The van der Waals surface area contributed by atoms with Crippen molar-refractivity contribution in [2.24, 2.45) is 0 Å². The summed E-state index contributed by atoms with van der Waals surface area (Å²) in [5.41, 5.74) is 0. The molecule has 9 nitrogen and oxygen atoms in total. The molecule has 0 saturated heterocycles. The number of aliphatic hydroxyl groups is 1. The van der Waals surface area contributed by atoms with Crippen molar-refractivity contribution in [2.45, 2.75) is 103 Å². The summed E-state index contributed by atoms with van der Waals surface area (Å²) in [6.07, 6.45) is 13.9. The molecule has 0 bridgehead atoms. The van der Waals surface area contributed by atoms with Gasteiger partial charge in [0.1, 0.15) is 6.61 Å². The second-order valence-corrected chi connectivity index (χ2v) is 9.01. The van der Waals surface area contributed by atoms with Crippen LogP contribution in [0.5, 0.6) is 0 Å². The number of phosphoric ester groups is 1. The molecule has 31 heavy (non-hydrogen) atoms. The molecule has 1 atom stereocenters. The smallest absolute Gasteiger partial charge is 0.462 e. The van der Waals surface area contributed by atoms with Gasteiger partial charge in [0.25, 0.3) is 0 Å². The lowest BCUT2D eigenvalue weighted by Crippen LogP contribution is -2.28. The highest BCUT2D eigenvalue weighted by Gasteiger charge is 2.21. The first-order valence-electron chi connectivity index (χ1n) is 11.4. The Labute approximate surface area is 186 Å². The van der Waals surface area contributed by atoms with E-state index in [0.29, 0.717) is 13.0 Å². The molecule has 0 spiro atoms. The summed E-state index contributed by atoms with van der Waals surface area (Å²) in [5.74, 6) is -1.10. The van der Waals surface area contributed by atoms with Crippen molar-refractivity contribution in [1.82, 2.24) is 0 Å². The Morgan fingerprint density at radius 3 is 1.65 bits per heavy atom. The fourth-order valence-corrected chi connectivity index (χ4v) is 3.48. The van der Waals surface area contributed by atoms with Crippen LogP contribution in [0.25, 0.3) is 0 Å². The van der Waals surface area contributed by atoms with Crippen LogP contribution < -0.4 is 0 Å². The van der Waals surface area contributed by atoms with Crippen LogP contribution in [0.15, 0.2) is 0 Å². The van der Waals surface area contributed by atoms with Crippen LogP contribution in [0.1, 0.15) is 96.8 Å². The first-order valence-corrected chi connectivity index (χ1v) is 12.9. The van der Waals surface area contributed by atoms with Gasteiger partial charge in [-0.15, -0.1) is 0 Å². The third-order valence-electron chi connectivity index (χ3n) is 4.73. The summed E-state index contributed by atoms with van der Waals surface area (Å²) in [6, 6.07) is 0. The molecule has 0 aromatic rings. The fourth-order valence-electron chi connectivity index (χ4n) is 3.11. The van der Waals surface area contributed by atoms with E-state index in [2.05, 4.69) is 4.52 Å². The molecule has 0 fully saturated rings. The number of phosphoric acid groups is 1. The normalized spacial score (nSPS) is 12.5. The standard InChI is InChI=1S/C21H41O9P/c1-19(23)30-20(18-29-31(25,26)27)17-28-21(24)15-13-11-9-7-5-3-2-4-6-8-10-12-14-16-22/h20,22H,2-18H2,1H3,(H2,25,26,27). The quantitative estimate of drug-likeness (QED) is 0.129. The van der Waals surface area contributed by atoms with Gasteiger partial charge >= 0.3 is 19.8 Å². The Hall–Kier alpha value is -0.990. The third-order valence-corrected chi connectivity index (χ3v) is 5.22. The van der Waals surface area contributed by atoms with E-state index in [4.69, 9.17) is 24.4 Å². The van der Waals surface area contributed by atoms with Crippen molar-refractivity contribution in [2.75, 3.05) is 19.8 Å². The number of esters is 2. The van der Waals surface area contributed by atoms with Crippen LogP contribution in [-0.4, -0.2) is 52.8 Å². The molecule has 0 aliphatic heterocycles. The molecular formula is C21H41O9P. The topological polar surface area (TPSA) is 140 Å². The van der Waals surface area contributed by atoms with Crippen LogP contribution >= 0.6 is 7.82 Å². The van der Waals surface area contributed by atoms with Gasteiger partial charge in [-0.1, -0.05) is 70.6 Å². The lowest BCUT2D eigenvalue weighted by atomic mass is 10.0. The lowest BCUT2D eigenvalue weighted by molar-refractivity contribution is -0.159. The minimum Gasteiger partial charge on any atom is -0.462 e. The molecule has 0 saturated carbocycles. The zero-order chi connectivity index (χ0) is 23.4. The number of ether oxygens (including phenoxy) is 2. The van der Waals surface area contributed by atoms with E-state index in [1.54, 1.807) is 0 Å². The van der Waals surface area contributed by atoms with Crippen LogP contribution in [0.4, 0.5) is 0 Å². The molecule has 0 rings (SSSR count). The summed E-state index contributed by atoms with van der Waals surface area (Å²) < 4.78 is 24.9. The Morgan fingerprint density at radius 2 is 1.23 bits per heavy atom. The molecule has 0 aliphatic carbocycles. The van der Waals surface area contributed by atoms with Crippen molar-refractivity contribution in [3.05, 3.63) is 0 Å². The van der Waals surface area contributed by atoms with Crippen molar-refractivity contribution in [3.8, 4) is 0 Å². The molecule has 1 unspecified atom stereocenters. The van der Waals surface area contributed by atoms with E-state index < -0.39 is 32.5 Å². The number of aliphatic hydroxyl groups excluding tert-OH is 1. The van der Waals surface area contributed by atoms with E-state index in [1.807, 2.05) is 0 Å². The lowest BCUT2D eigenvalue weighted by Gasteiger charge is -2.17. The van der Waals surface area contributed by atoms with E-state index in [9.17, 15) is 14.2 Å². The summed E-state index contributed by atoms with van der Waals surface area (Å²) in [6.45, 7) is 0.586. The SMILES string of the molecule is CC(=O)OC(COC(=O)CCCCCCCCCCCCCCCO)COP(=O)(O)O. The number of unbranched alkanes of at least 4 members (excludes halogenated alkanes) is 12. The van der Waals surface area contributed by atoms with Crippen LogP contribution in [0.3, 0.4) is 0 Å². The number of hydrogen-bond acceptors (Lipinski definition) is 7. The van der Waals surface area contributed by atoms with Gasteiger partial charge in [0, 0.05) is 20.0 Å². The third kappa shape index (κ3) is 23.5. The second-order valence-electron chi connectivity index (χ2n) is 7.77.